The van der Waals surface area contributed by atoms with Crippen LogP contribution >= 0.6 is 22.3 Å². The van der Waals surface area contributed by atoms with Crippen molar-refractivity contribution < 1.29 is 9.32 Å². The maximum absolute atomic E-state index is 10.3. The fourth-order valence-corrected chi connectivity index (χ4v) is 0.447. The highest BCUT2D eigenvalue weighted by Gasteiger charge is 1.95. The summed E-state index contributed by atoms with van der Waals surface area (Å²) in [6, 6.07) is 0. The van der Waals surface area contributed by atoms with Crippen LogP contribution < -0.4 is 4.72 Å². The lowest BCUT2D eigenvalue weighted by Gasteiger charge is -1.94. The van der Waals surface area contributed by atoms with E-state index in [2.05, 4.69) is 22.1 Å². The zero-order valence-electron chi connectivity index (χ0n) is 4.26. The lowest BCUT2D eigenvalue weighted by molar-refractivity contribution is -0.133. The SMILES string of the molecule is O=C(CCNS)OP. The number of thiol groups is 1. The first kappa shape index (κ1) is 8.21. The summed E-state index contributed by atoms with van der Waals surface area (Å²) in [5, 5.41) is 0. The van der Waals surface area contributed by atoms with Gasteiger partial charge in [0.2, 0.25) is 0 Å². The zero-order chi connectivity index (χ0) is 6.41. The lowest BCUT2D eigenvalue weighted by Crippen LogP contribution is -2.07. The molecule has 48 valence electrons. The van der Waals surface area contributed by atoms with Gasteiger partial charge in [0.15, 0.2) is 0 Å². The topological polar surface area (TPSA) is 38.3 Å². The van der Waals surface area contributed by atoms with Crippen molar-refractivity contribution in [2.45, 2.75) is 6.42 Å². The normalized spacial score (nSPS) is 8.75. The summed E-state index contributed by atoms with van der Waals surface area (Å²) in [6.07, 6.45) is 0.354. The molecule has 5 heteroatoms. The molecule has 0 aliphatic heterocycles. The van der Waals surface area contributed by atoms with Crippen LogP contribution in [0.2, 0.25) is 0 Å². The number of hydrogen-bond donors (Lipinski definition) is 2. The molecule has 0 heterocycles. The van der Waals surface area contributed by atoms with Crippen molar-refractivity contribution in [2.24, 2.45) is 0 Å². The van der Waals surface area contributed by atoms with E-state index in [0.29, 0.717) is 13.0 Å². The van der Waals surface area contributed by atoms with Crippen LogP contribution in [0, 0.1) is 0 Å². The molecular formula is C3H8NO2PS. The molecular weight excluding hydrogens is 145 g/mol. The Bertz CT molecular complexity index is 79.7. The molecule has 0 amide bonds. The van der Waals surface area contributed by atoms with Gasteiger partial charge < -0.3 is 4.52 Å². The van der Waals surface area contributed by atoms with Crippen LogP contribution in [0.15, 0.2) is 0 Å². The largest absolute Gasteiger partial charge is 0.451 e. The van der Waals surface area contributed by atoms with Crippen molar-refractivity contribution in [1.82, 2.24) is 4.72 Å². The van der Waals surface area contributed by atoms with Crippen LogP contribution in [0.4, 0.5) is 0 Å². The van der Waals surface area contributed by atoms with Gasteiger partial charge in [0.05, 0.1) is 15.9 Å². The van der Waals surface area contributed by atoms with Gasteiger partial charge in [-0.2, -0.15) is 0 Å². The Morgan fingerprint density at radius 1 is 1.88 bits per heavy atom. The van der Waals surface area contributed by atoms with Crippen molar-refractivity contribution in [1.29, 1.82) is 0 Å². The van der Waals surface area contributed by atoms with E-state index in [1.165, 1.54) is 0 Å². The number of carbonyl (C=O) groups excluding carboxylic acids is 1. The van der Waals surface area contributed by atoms with E-state index < -0.39 is 0 Å². The van der Waals surface area contributed by atoms with Crippen LogP contribution in [0.1, 0.15) is 6.42 Å². The molecule has 1 atom stereocenters. The minimum absolute atomic E-state index is 0.253. The highest BCUT2D eigenvalue weighted by atomic mass is 32.1. The molecule has 0 bridgehead atoms. The van der Waals surface area contributed by atoms with Crippen molar-refractivity contribution >= 4 is 28.3 Å². The summed E-state index contributed by atoms with van der Waals surface area (Å²) < 4.78 is 6.77. The molecule has 0 spiro atoms. The summed E-state index contributed by atoms with van der Waals surface area (Å²) in [5.74, 6) is -0.253. The van der Waals surface area contributed by atoms with E-state index in [4.69, 9.17) is 0 Å². The van der Waals surface area contributed by atoms with E-state index in [0.717, 1.165) is 0 Å². The van der Waals surface area contributed by atoms with Gasteiger partial charge in [-0.25, -0.2) is 0 Å². The maximum atomic E-state index is 10.3. The minimum atomic E-state index is -0.253. The quantitative estimate of drug-likeness (QED) is 0.447. The second kappa shape index (κ2) is 5.35. The molecule has 0 aromatic rings. The Hall–Kier alpha value is 0.210. The summed E-state index contributed by atoms with van der Waals surface area (Å²) in [4.78, 5) is 10.3. The average molecular weight is 153 g/mol. The van der Waals surface area contributed by atoms with Crippen LogP contribution in [0.3, 0.4) is 0 Å². The van der Waals surface area contributed by atoms with Gasteiger partial charge in [0.25, 0.3) is 0 Å². The standard InChI is InChI=1S/C3H8NO2PS/c5-3(6-7)1-2-4-8/h4,8H,1-2,7H2. The van der Waals surface area contributed by atoms with Gasteiger partial charge in [-0.05, 0) is 0 Å². The summed E-state index contributed by atoms with van der Waals surface area (Å²) in [7, 11) is 1.89. The molecule has 0 saturated heterocycles. The third-order valence-corrected chi connectivity index (χ3v) is 1.06. The second-order valence-corrected chi connectivity index (χ2v) is 1.70. The minimum Gasteiger partial charge on any atom is -0.451 e. The smallest absolute Gasteiger partial charge is 0.309 e. The first-order valence-electron chi connectivity index (χ1n) is 2.07. The Balaban J connectivity index is 2.99. The van der Waals surface area contributed by atoms with Gasteiger partial charge in [0.1, 0.15) is 0 Å². The Morgan fingerprint density at radius 3 is 2.88 bits per heavy atom. The molecule has 3 nitrogen and oxygen atoms in total. The molecule has 0 aromatic carbocycles. The maximum Gasteiger partial charge on any atom is 0.309 e. The van der Waals surface area contributed by atoms with Gasteiger partial charge in [-0.3, -0.25) is 9.52 Å². The average Bonchev–Trinajstić information content (AvgIpc) is 1.83. The lowest BCUT2D eigenvalue weighted by atomic mass is 10.5. The Morgan fingerprint density at radius 2 is 2.50 bits per heavy atom. The first-order valence-corrected chi connectivity index (χ1v) is 2.99. The summed E-state index contributed by atoms with van der Waals surface area (Å²) >= 11 is 3.67. The molecule has 8 heavy (non-hydrogen) atoms. The van der Waals surface area contributed by atoms with Crippen molar-refractivity contribution in [3.05, 3.63) is 0 Å². The van der Waals surface area contributed by atoms with E-state index in [-0.39, 0.29) is 5.97 Å². The van der Waals surface area contributed by atoms with Gasteiger partial charge in [-0.15, -0.1) is 0 Å². The van der Waals surface area contributed by atoms with E-state index >= 15 is 0 Å². The number of carbonyl (C=O) groups is 1. The molecule has 0 fully saturated rings. The van der Waals surface area contributed by atoms with Gasteiger partial charge >= 0.3 is 5.97 Å². The zero-order valence-corrected chi connectivity index (χ0v) is 6.30. The van der Waals surface area contributed by atoms with Crippen molar-refractivity contribution in [3.8, 4) is 0 Å². The Labute approximate surface area is 56.0 Å². The third-order valence-electron chi connectivity index (χ3n) is 0.572. The Kier molecular flexibility index (Phi) is 5.49. The van der Waals surface area contributed by atoms with Crippen LogP contribution in [-0.2, 0) is 9.32 Å². The molecule has 0 aliphatic carbocycles. The molecule has 0 radical (unpaired) electrons. The van der Waals surface area contributed by atoms with Gasteiger partial charge in [0, 0.05) is 6.54 Å². The van der Waals surface area contributed by atoms with Crippen LogP contribution in [0.5, 0.6) is 0 Å². The summed E-state index contributed by atoms with van der Waals surface area (Å²) in [6.45, 7) is 0.538. The van der Waals surface area contributed by atoms with Crippen LogP contribution in [-0.4, -0.2) is 12.5 Å². The van der Waals surface area contributed by atoms with Crippen LogP contribution in [0.25, 0.3) is 0 Å². The van der Waals surface area contributed by atoms with E-state index in [9.17, 15) is 4.79 Å². The molecule has 0 aliphatic rings. The highest BCUT2D eigenvalue weighted by Crippen LogP contribution is 1.89. The van der Waals surface area contributed by atoms with Crippen molar-refractivity contribution in [3.63, 3.8) is 0 Å². The molecule has 1 N–H and O–H groups in total. The number of nitrogens with one attached hydrogen (secondary N) is 1. The fraction of sp³-hybridized carbons (Fsp3) is 0.667. The molecule has 1 unspecified atom stereocenters. The molecule has 0 rings (SSSR count). The summed E-state index contributed by atoms with van der Waals surface area (Å²) in [5.41, 5.74) is 0. The monoisotopic (exact) mass is 153 g/mol. The van der Waals surface area contributed by atoms with Crippen molar-refractivity contribution in [2.75, 3.05) is 6.54 Å². The molecule has 0 aromatic heterocycles. The van der Waals surface area contributed by atoms with E-state index in [1.807, 2.05) is 9.47 Å². The van der Waals surface area contributed by atoms with Gasteiger partial charge in [-0.1, -0.05) is 12.8 Å². The number of hydrogen-bond acceptors (Lipinski definition) is 4. The number of rotatable bonds is 3. The third kappa shape index (κ3) is 4.37. The first-order chi connectivity index (χ1) is 3.81. The predicted molar refractivity (Wildman–Crippen MR) is 37.4 cm³/mol. The second-order valence-electron chi connectivity index (χ2n) is 1.15. The predicted octanol–water partition coefficient (Wildman–Crippen LogP) is 0.144. The molecule has 0 saturated carbocycles. The van der Waals surface area contributed by atoms with E-state index in [1.54, 1.807) is 0 Å². The highest BCUT2D eigenvalue weighted by molar-refractivity contribution is 7.78. The fourth-order valence-electron chi connectivity index (χ4n) is 0.217.